The number of nitrogens with one attached hydrogen (secondary N) is 1. The van der Waals surface area contributed by atoms with Crippen molar-refractivity contribution in [3.8, 4) is 0 Å². The molecule has 2 N–H and O–H groups in total. The van der Waals surface area contributed by atoms with E-state index in [0.717, 1.165) is 12.2 Å². The number of hydrogen-bond donors (Lipinski definition) is 2. The molecule has 3 unspecified atom stereocenters. The zero-order valence-electron chi connectivity index (χ0n) is 14.8. The van der Waals surface area contributed by atoms with Gasteiger partial charge in [-0.1, -0.05) is 0 Å². The summed E-state index contributed by atoms with van der Waals surface area (Å²) in [6.07, 6.45) is 2.64. The highest BCUT2D eigenvalue weighted by Gasteiger charge is 2.41. The molecule has 1 aromatic heterocycles. The summed E-state index contributed by atoms with van der Waals surface area (Å²) in [6.45, 7) is 8.82. The number of hydrogen-bond acceptors (Lipinski definition) is 6. The molecule has 8 nitrogen and oxygen atoms in total. The van der Waals surface area contributed by atoms with Crippen LogP contribution >= 0.6 is 0 Å². The van der Waals surface area contributed by atoms with Crippen molar-refractivity contribution in [1.29, 1.82) is 0 Å². The third-order valence-corrected chi connectivity index (χ3v) is 4.57. The number of carbonyl (C=O) groups excluding carboxylic acids is 1. The van der Waals surface area contributed by atoms with Crippen LogP contribution in [0.5, 0.6) is 0 Å². The quantitative estimate of drug-likeness (QED) is 0.862. The Morgan fingerprint density at radius 2 is 2.29 bits per heavy atom. The first kappa shape index (κ1) is 17.2. The van der Waals surface area contributed by atoms with Crippen molar-refractivity contribution in [1.82, 2.24) is 25.0 Å². The monoisotopic (exact) mass is 337 g/mol. The first-order chi connectivity index (χ1) is 11.2. The van der Waals surface area contributed by atoms with Gasteiger partial charge in [-0.3, -0.25) is 0 Å². The fourth-order valence-corrected chi connectivity index (χ4v) is 3.37. The van der Waals surface area contributed by atoms with Crippen LogP contribution in [0, 0.1) is 0 Å². The summed E-state index contributed by atoms with van der Waals surface area (Å²) in [7, 11) is 0. The number of amides is 1. The Morgan fingerprint density at radius 1 is 1.54 bits per heavy atom. The smallest absolute Gasteiger partial charge is 0.410 e. The van der Waals surface area contributed by atoms with Gasteiger partial charge in [-0.2, -0.15) is 5.10 Å². The lowest BCUT2D eigenvalue weighted by molar-refractivity contribution is 0.0146. The van der Waals surface area contributed by atoms with E-state index < -0.39 is 11.2 Å². The molecule has 3 heterocycles. The topological polar surface area (TPSA) is 92.5 Å². The van der Waals surface area contributed by atoms with E-state index in [1.165, 1.54) is 0 Å². The van der Waals surface area contributed by atoms with E-state index in [4.69, 9.17) is 4.74 Å². The highest BCUT2D eigenvalue weighted by molar-refractivity contribution is 5.68. The average Bonchev–Trinajstić information content (AvgIpc) is 3.13. The second-order valence-electron chi connectivity index (χ2n) is 7.96. The first-order valence-corrected chi connectivity index (χ1v) is 8.50. The van der Waals surface area contributed by atoms with Crippen molar-refractivity contribution in [2.45, 2.75) is 63.8 Å². The predicted octanol–water partition coefficient (Wildman–Crippen LogP) is 1.25. The maximum Gasteiger partial charge on any atom is 0.410 e. The number of ether oxygens (including phenoxy) is 1. The minimum Gasteiger partial charge on any atom is -0.444 e. The van der Waals surface area contributed by atoms with E-state index in [9.17, 15) is 9.90 Å². The van der Waals surface area contributed by atoms with Crippen molar-refractivity contribution in [3.05, 3.63) is 12.2 Å². The van der Waals surface area contributed by atoms with Crippen LogP contribution in [-0.2, 0) is 4.74 Å². The number of rotatable bonds is 3. The Bertz CT molecular complexity index is 611. The number of aromatic nitrogens is 3. The Hall–Kier alpha value is -1.67. The number of carbonyl (C=O) groups is 1. The number of nitrogens with zero attached hydrogens (tertiary/aromatic N) is 4. The van der Waals surface area contributed by atoms with Gasteiger partial charge >= 0.3 is 6.09 Å². The molecule has 134 valence electrons. The van der Waals surface area contributed by atoms with Crippen LogP contribution in [0.2, 0.25) is 0 Å². The lowest BCUT2D eigenvalue weighted by Crippen LogP contribution is -2.45. The molecule has 0 spiro atoms. The second kappa shape index (κ2) is 6.00. The molecule has 1 saturated heterocycles. The third kappa shape index (κ3) is 3.54. The molecule has 0 saturated carbocycles. The Labute approximate surface area is 142 Å². The fraction of sp³-hybridized carbons (Fsp3) is 0.812. The summed E-state index contributed by atoms with van der Waals surface area (Å²) >= 11 is 0. The highest BCUT2D eigenvalue weighted by Crippen LogP contribution is 2.32. The molecule has 0 bridgehead atoms. The van der Waals surface area contributed by atoms with E-state index >= 15 is 0 Å². The number of fused-ring (bicyclic) bond motifs is 1. The van der Waals surface area contributed by atoms with Gasteiger partial charge < -0.3 is 20.1 Å². The van der Waals surface area contributed by atoms with Crippen LogP contribution in [-0.4, -0.2) is 61.7 Å². The summed E-state index contributed by atoms with van der Waals surface area (Å²) in [6, 6.07) is 0.388. The van der Waals surface area contributed by atoms with Crippen LogP contribution in [0.4, 0.5) is 4.79 Å². The van der Waals surface area contributed by atoms with E-state index in [2.05, 4.69) is 22.3 Å². The zero-order valence-corrected chi connectivity index (χ0v) is 14.8. The molecular formula is C16H27N5O3. The van der Waals surface area contributed by atoms with Gasteiger partial charge in [0.2, 0.25) is 0 Å². The third-order valence-electron chi connectivity index (χ3n) is 4.57. The highest BCUT2D eigenvalue weighted by atomic mass is 16.6. The Kier molecular flexibility index (Phi) is 4.29. The first-order valence-electron chi connectivity index (χ1n) is 8.50. The van der Waals surface area contributed by atoms with Crippen LogP contribution in [0.15, 0.2) is 6.33 Å². The van der Waals surface area contributed by atoms with Gasteiger partial charge in [0.1, 0.15) is 17.8 Å². The summed E-state index contributed by atoms with van der Waals surface area (Å²) in [5.41, 5.74) is -1.46. The van der Waals surface area contributed by atoms with Gasteiger partial charge in [0.15, 0.2) is 0 Å². The molecule has 24 heavy (non-hydrogen) atoms. The summed E-state index contributed by atoms with van der Waals surface area (Å²) in [5.74, 6) is 0.910. The molecule has 3 atom stereocenters. The van der Waals surface area contributed by atoms with E-state index in [1.54, 1.807) is 11.2 Å². The molecule has 1 amide bonds. The molecule has 0 aliphatic carbocycles. The van der Waals surface area contributed by atoms with Crippen LogP contribution in [0.25, 0.3) is 0 Å². The molecule has 2 aliphatic heterocycles. The van der Waals surface area contributed by atoms with Gasteiger partial charge in [0.25, 0.3) is 0 Å². The van der Waals surface area contributed by atoms with Crippen LogP contribution < -0.4 is 5.32 Å². The van der Waals surface area contributed by atoms with Gasteiger partial charge in [-0.05, 0) is 40.5 Å². The molecule has 2 aliphatic rings. The van der Waals surface area contributed by atoms with Gasteiger partial charge in [0, 0.05) is 13.1 Å². The Balaban J connectivity index is 1.54. The lowest BCUT2D eigenvalue weighted by Gasteiger charge is -2.27. The summed E-state index contributed by atoms with van der Waals surface area (Å²) < 4.78 is 7.30. The average molecular weight is 337 g/mol. The maximum absolute atomic E-state index is 12.1. The standard InChI is InChI=1S/C16H27N5O3/c1-11-7-12(13-18-10-19-21(11)13)17-8-16(23)5-6-20(9-16)14(22)24-15(2,3)4/h10-12,17,23H,5-9H2,1-4H3. The van der Waals surface area contributed by atoms with E-state index in [0.29, 0.717) is 25.6 Å². The molecule has 3 rings (SSSR count). The molecule has 8 heteroatoms. The van der Waals surface area contributed by atoms with Gasteiger partial charge in [0.05, 0.1) is 24.2 Å². The maximum atomic E-state index is 12.1. The van der Waals surface area contributed by atoms with Crippen molar-refractivity contribution < 1.29 is 14.6 Å². The zero-order chi connectivity index (χ0) is 17.5. The van der Waals surface area contributed by atoms with Crippen molar-refractivity contribution in [2.75, 3.05) is 19.6 Å². The number of likely N-dealkylation sites (tertiary alicyclic amines) is 1. The van der Waals surface area contributed by atoms with Crippen molar-refractivity contribution in [3.63, 3.8) is 0 Å². The SMILES string of the molecule is CC1CC(NCC2(O)CCN(C(=O)OC(C)(C)C)C2)c2ncnn21. The number of β-amino-alcohol motifs (C(OH)–C–C–N with tert-alkyl or cyclic N) is 1. The molecule has 0 aromatic carbocycles. The molecular weight excluding hydrogens is 310 g/mol. The molecule has 1 fully saturated rings. The van der Waals surface area contributed by atoms with E-state index in [1.807, 2.05) is 25.5 Å². The summed E-state index contributed by atoms with van der Waals surface area (Å²) in [5, 5.41) is 18.4. The lowest BCUT2D eigenvalue weighted by atomic mass is 10.0. The van der Waals surface area contributed by atoms with Crippen LogP contribution in [0.3, 0.4) is 0 Å². The minimum absolute atomic E-state index is 0.0853. The van der Waals surface area contributed by atoms with Crippen LogP contribution in [0.1, 0.15) is 58.4 Å². The fourth-order valence-electron chi connectivity index (χ4n) is 3.37. The van der Waals surface area contributed by atoms with Gasteiger partial charge in [-0.25, -0.2) is 14.5 Å². The largest absolute Gasteiger partial charge is 0.444 e. The van der Waals surface area contributed by atoms with E-state index in [-0.39, 0.29) is 18.7 Å². The molecule has 1 aromatic rings. The normalized spacial score (nSPS) is 29.8. The molecule has 0 radical (unpaired) electrons. The van der Waals surface area contributed by atoms with Gasteiger partial charge in [-0.15, -0.1) is 0 Å². The van der Waals surface area contributed by atoms with Crippen molar-refractivity contribution >= 4 is 6.09 Å². The van der Waals surface area contributed by atoms with Crippen molar-refractivity contribution in [2.24, 2.45) is 0 Å². The summed E-state index contributed by atoms with van der Waals surface area (Å²) in [4.78, 5) is 18.0. The second-order valence-corrected chi connectivity index (χ2v) is 7.96. The predicted molar refractivity (Wildman–Crippen MR) is 87.5 cm³/mol. The Morgan fingerprint density at radius 3 is 3.00 bits per heavy atom. The minimum atomic E-state index is -0.937. The number of aliphatic hydroxyl groups is 1.